The number of halogens is 2. The highest BCUT2D eigenvalue weighted by Gasteiger charge is 2.27. The minimum Gasteiger partial charge on any atom is -0.232 e. The smallest absolute Gasteiger partial charge is 0.232 e. The molecule has 0 aliphatic heterocycles. The second-order valence-corrected chi connectivity index (χ2v) is 8.84. The fourth-order valence-electron chi connectivity index (χ4n) is 3.61. The molecule has 0 fully saturated rings. The molecule has 0 atom stereocenters. The van der Waals surface area contributed by atoms with Crippen molar-refractivity contribution in [3.05, 3.63) is 90.1 Å². The topological polar surface area (TPSA) is 78.0 Å². The predicted octanol–water partition coefficient (Wildman–Crippen LogP) is 5.35. The molecule has 4 aromatic rings. The maximum atomic E-state index is 14.1. The van der Waals surface area contributed by atoms with Gasteiger partial charge in [-0.1, -0.05) is 61.5 Å². The van der Waals surface area contributed by atoms with Crippen LogP contribution in [0.25, 0.3) is 28.1 Å². The Labute approximate surface area is 185 Å². The number of alkyl halides is 2. The number of aryl methyl sites for hydroxylation is 1. The zero-order valence-corrected chi connectivity index (χ0v) is 18.1. The van der Waals surface area contributed by atoms with Crippen molar-refractivity contribution in [1.29, 1.82) is 0 Å². The fourth-order valence-corrected chi connectivity index (χ4v) is 4.12. The molecule has 0 amide bonds. The Bertz CT molecular complexity index is 1330. The van der Waals surface area contributed by atoms with Crippen molar-refractivity contribution in [2.24, 2.45) is 5.14 Å². The van der Waals surface area contributed by atoms with Crippen LogP contribution in [-0.4, -0.2) is 18.2 Å². The maximum Gasteiger partial charge on any atom is 0.282 e. The van der Waals surface area contributed by atoms with Crippen LogP contribution in [0.5, 0.6) is 0 Å². The Morgan fingerprint density at radius 2 is 1.53 bits per heavy atom. The minimum atomic E-state index is -3.88. The van der Waals surface area contributed by atoms with E-state index in [1.165, 1.54) is 16.8 Å². The molecule has 3 aromatic carbocycles. The zero-order chi connectivity index (χ0) is 22.9. The van der Waals surface area contributed by atoms with Crippen LogP contribution in [0.15, 0.2) is 83.8 Å². The lowest BCUT2D eigenvalue weighted by Crippen LogP contribution is -2.11. The van der Waals surface area contributed by atoms with Crippen LogP contribution < -0.4 is 5.14 Å². The van der Waals surface area contributed by atoms with Crippen LogP contribution >= 0.6 is 0 Å². The summed E-state index contributed by atoms with van der Waals surface area (Å²) in [6.07, 6.45) is -1.96. The van der Waals surface area contributed by atoms with Gasteiger partial charge in [0.15, 0.2) is 0 Å². The van der Waals surface area contributed by atoms with Crippen molar-refractivity contribution in [3.8, 4) is 28.1 Å². The first kappa shape index (κ1) is 21.9. The fraction of sp³-hybridized carbons (Fsp3) is 0.125. The highest BCUT2D eigenvalue weighted by Crippen LogP contribution is 2.40. The standard InChI is InChI=1S/C24H21F2N3O2S/c1-2-16-8-12-19(13-9-16)29-23(18-10-14-20(15-11-18)32(27,30)31)21(22(28-29)24(25)26)17-6-4-3-5-7-17/h3-15,24H,2H2,1H3,(H2,27,30,31). The molecule has 0 saturated carbocycles. The zero-order valence-electron chi connectivity index (χ0n) is 17.2. The molecule has 0 aliphatic carbocycles. The number of primary sulfonamides is 1. The van der Waals surface area contributed by atoms with E-state index in [0.29, 0.717) is 28.1 Å². The van der Waals surface area contributed by atoms with Gasteiger partial charge >= 0.3 is 0 Å². The summed E-state index contributed by atoms with van der Waals surface area (Å²) in [7, 11) is -3.88. The molecule has 0 unspecified atom stereocenters. The predicted molar refractivity (Wildman–Crippen MR) is 120 cm³/mol. The van der Waals surface area contributed by atoms with Gasteiger partial charge in [0.25, 0.3) is 6.43 Å². The number of nitrogens with two attached hydrogens (primary N) is 1. The number of aromatic nitrogens is 2. The van der Waals surface area contributed by atoms with Gasteiger partial charge in [0.05, 0.1) is 16.3 Å². The molecule has 5 nitrogen and oxygen atoms in total. The molecule has 0 bridgehead atoms. The highest BCUT2D eigenvalue weighted by molar-refractivity contribution is 7.89. The van der Waals surface area contributed by atoms with Gasteiger partial charge in [0.1, 0.15) is 5.69 Å². The van der Waals surface area contributed by atoms with Gasteiger partial charge in [0.2, 0.25) is 10.0 Å². The molecule has 0 radical (unpaired) electrons. The van der Waals surface area contributed by atoms with Crippen LogP contribution in [0.3, 0.4) is 0 Å². The average Bonchev–Trinajstić information content (AvgIpc) is 3.20. The number of hydrogen-bond donors (Lipinski definition) is 1. The number of hydrogen-bond acceptors (Lipinski definition) is 3. The average molecular weight is 454 g/mol. The van der Waals surface area contributed by atoms with Gasteiger partial charge in [0, 0.05) is 11.1 Å². The number of rotatable bonds is 6. The quantitative estimate of drug-likeness (QED) is 0.427. The Hall–Kier alpha value is -3.36. The van der Waals surface area contributed by atoms with Crippen LogP contribution in [-0.2, 0) is 16.4 Å². The van der Waals surface area contributed by atoms with E-state index in [2.05, 4.69) is 5.10 Å². The normalized spacial score (nSPS) is 11.8. The third-order valence-electron chi connectivity index (χ3n) is 5.23. The number of benzene rings is 3. The van der Waals surface area contributed by atoms with E-state index in [9.17, 15) is 17.2 Å². The largest absolute Gasteiger partial charge is 0.282 e. The van der Waals surface area contributed by atoms with E-state index >= 15 is 0 Å². The van der Waals surface area contributed by atoms with Gasteiger partial charge < -0.3 is 0 Å². The van der Waals surface area contributed by atoms with E-state index < -0.39 is 16.4 Å². The first-order valence-electron chi connectivity index (χ1n) is 9.98. The summed E-state index contributed by atoms with van der Waals surface area (Å²) in [5, 5.41) is 9.50. The first-order chi connectivity index (χ1) is 15.3. The van der Waals surface area contributed by atoms with Crippen LogP contribution in [0.1, 0.15) is 24.6 Å². The lowest BCUT2D eigenvalue weighted by atomic mass is 9.98. The van der Waals surface area contributed by atoms with Crippen molar-refractivity contribution >= 4 is 10.0 Å². The second-order valence-electron chi connectivity index (χ2n) is 7.28. The SMILES string of the molecule is CCc1ccc(-n2nc(C(F)F)c(-c3ccccc3)c2-c2ccc(S(N)(=O)=O)cc2)cc1. The maximum absolute atomic E-state index is 14.1. The van der Waals surface area contributed by atoms with E-state index in [1.54, 1.807) is 42.5 Å². The van der Waals surface area contributed by atoms with Crippen molar-refractivity contribution < 1.29 is 17.2 Å². The lowest BCUT2D eigenvalue weighted by Gasteiger charge is -2.12. The highest BCUT2D eigenvalue weighted by atomic mass is 32.2. The molecule has 1 aromatic heterocycles. The molecule has 8 heteroatoms. The number of nitrogens with zero attached hydrogens (tertiary/aromatic N) is 2. The Morgan fingerprint density at radius 1 is 0.906 bits per heavy atom. The summed E-state index contributed by atoms with van der Waals surface area (Å²) >= 11 is 0. The van der Waals surface area contributed by atoms with Gasteiger partial charge in [-0.25, -0.2) is 27.0 Å². The van der Waals surface area contributed by atoms with E-state index in [1.807, 2.05) is 31.2 Å². The van der Waals surface area contributed by atoms with E-state index in [-0.39, 0.29) is 10.6 Å². The van der Waals surface area contributed by atoms with Crippen molar-refractivity contribution in [3.63, 3.8) is 0 Å². The molecular formula is C24H21F2N3O2S. The van der Waals surface area contributed by atoms with E-state index in [0.717, 1.165) is 12.0 Å². The van der Waals surface area contributed by atoms with Crippen LogP contribution in [0.2, 0.25) is 0 Å². The van der Waals surface area contributed by atoms with Gasteiger partial charge in [-0.2, -0.15) is 5.10 Å². The second kappa shape index (κ2) is 8.64. The van der Waals surface area contributed by atoms with Crippen LogP contribution in [0, 0.1) is 0 Å². The Kier molecular flexibility index (Phi) is 5.90. The molecular weight excluding hydrogens is 432 g/mol. The molecule has 2 N–H and O–H groups in total. The molecule has 0 spiro atoms. The van der Waals surface area contributed by atoms with Gasteiger partial charge in [-0.05, 0) is 41.8 Å². The summed E-state index contributed by atoms with van der Waals surface area (Å²) in [6.45, 7) is 2.03. The summed E-state index contributed by atoms with van der Waals surface area (Å²) < 4.78 is 53.0. The number of sulfonamides is 1. The monoisotopic (exact) mass is 453 g/mol. The summed E-state index contributed by atoms with van der Waals surface area (Å²) in [5.74, 6) is 0. The van der Waals surface area contributed by atoms with Gasteiger partial charge in [-0.3, -0.25) is 0 Å². The third-order valence-corrected chi connectivity index (χ3v) is 6.16. The summed E-state index contributed by atoms with van der Waals surface area (Å²) in [6, 6.07) is 22.2. The molecule has 4 rings (SSSR count). The molecule has 1 heterocycles. The molecule has 0 aliphatic rings. The van der Waals surface area contributed by atoms with Gasteiger partial charge in [-0.15, -0.1) is 0 Å². The van der Waals surface area contributed by atoms with Crippen molar-refractivity contribution in [2.75, 3.05) is 0 Å². The van der Waals surface area contributed by atoms with Crippen LogP contribution in [0.4, 0.5) is 8.78 Å². The minimum absolute atomic E-state index is 0.0602. The molecule has 0 saturated heterocycles. The van der Waals surface area contributed by atoms with Crippen molar-refractivity contribution in [2.45, 2.75) is 24.7 Å². The lowest BCUT2D eigenvalue weighted by molar-refractivity contribution is 0.146. The Morgan fingerprint density at radius 3 is 2.06 bits per heavy atom. The summed E-state index contributed by atoms with van der Waals surface area (Å²) in [4.78, 5) is -0.0602. The molecule has 164 valence electrons. The molecule has 32 heavy (non-hydrogen) atoms. The first-order valence-corrected chi connectivity index (χ1v) is 11.5. The summed E-state index contributed by atoms with van der Waals surface area (Å²) in [5.41, 5.74) is 3.25. The van der Waals surface area contributed by atoms with Crippen molar-refractivity contribution in [1.82, 2.24) is 9.78 Å². The Balaban J connectivity index is 2.01. The van der Waals surface area contributed by atoms with E-state index in [4.69, 9.17) is 5.14 Å². The third kappa shape index (κ3) is 4.19.